The molecule has 2 aromatic rings. The van der Waals surface area contributed by atoms with Crippen molar-refractivity contribution in [1.29, 1.82) is 0 Å². The molecule has 0 saturated carbocycles. The van der Waals surface area contributed by atoms with Gasteiger partial charge in [-0.1, -0.05) is 32.4 Å². The summed E-state index contributed by atoms with van der Waals surface area (Å²) in [6, 6.07) is 8.47. The van der Waals surface area contributed by atoms with Gasteiger partial charge in [-0.2, -0.15) is 0 Å². The van der Waals surface area contributed by atoms with Crippen LogP contribution in [-0.4, -0.2) is 104 Å². The SMILES string of the molecule is C=NC=Nc1cc(OCCCCN2CCC3(CC2)COC3)c(OC)cc1COc1ccc(NC(=O)NCC2COC2)c(Cl)c1.CC.CC1COC1. The van der Waals surface area contributed by atoms with Crippen LogP contribution in [0, 0.1) is 17.3 Å². The zero-order chi connectivity index (χ0) is 36.5. The molecule has 4 aliphatic rings. The molecule has 12 nitrogen and oxygen atoms in total. The normalized spacial score (nSPS) is 18.1. The number of hydrogen-bond donors (Lipinski definition) is 2. The minimum absolute atomic E-state index is 0.191. The van der Waals surface area contributed by atoms with Gasteiger partial charge < -0.3 is 44.0 Å². The first-order chi connectivity index (χ1) is 24.9. The van der Waals surface area contributed by atoms with Gasteiger partial charge in [0.2, 0.25) is 0 Å². The number of piperidine rings is 1. The van der Waals surface area contributed by atoms with Crippen molar-refractivity contribution in [2.75, 3.05) is 84.9 Å². The summed E-state index contributed by atoms with van der Waals surface area (Å²) in [7, 11) is 1.61. The zero-order valence-corrected chi connectivity index (χ0v) is 31.5. The molecule has 0 aliphatic carbocycles. The van der Waals surface area contributed by atoms with Crippen LogP contribution in [0.1, 0.15) is 52.0 Å². The van der Waals surface area contributed by atoms with Crippen LogP contribution in [0.2, 0.25) is 5.02 Å². The van der Waals surface area contributed by atoms with Gasteiger partial charge in [-0.05, 0) is 70.2 Å². The molecule has 0 bridgehead atoms. The summed E-state index contributed by atoms with van der Waals surface area (Å²) in [6.45, 7) is 19.6. The fraction of sp³-hybridized carbons (Fsp3) is 0.605. The molecule has 4 aliphatic heterocycles. The highest BCUT2D eigenvalue weighted by Crippen LogP contribution is 2.39. The van der Waals surface area contributed by atoms with Crippen LogP contribution in [0.3, 0.4) is 0 Å². The maximum absolute atomic E-state index is 12.2. The first-order valence-electron chi connectivity index (χ1n) is 18.1. The molecule has 13 heteroatoms. The third-order valence-electron chi connectivity index (χ3n) is 9.15. The molecule has 4 heterocycles. The quantitative estimate of drug-likeness (QED) is 0.114. The summed E-state index contributed by atoms with van der Waals surface area (Å²) in [6.07, 6.45) is 5.87. The summed E-state index contributed by atoms with van der Waals surface area (Å²) in [5.74, 6) is 2.94. The van der Waals surface area contributed by atoms with Gasteiger partial charge in [0.15, 0.2) is 11.5 Å². The third-order valence-corrected chi connectivity index (χ3v) is 9.46. The molecule has 2 aromatic carbocycles. The maximum atomic E-state index is 12.2. The largest absolute Gasteiger partial charge is 0.493 e. The Hall–Kier alpha value is -3.42. The van der Waals surface area contributed by atoms with E-state index in [1.807, 2.05) is 26.0 Å². The number of methoxy groups -OCH3 is 1. The van der Waals surface area contributed by atoms with Crippen molar-refractivity contribution in [2.45, 2.75) is 53.1 Å². The molecule has 2 amide bonds. The fourth-order valence-corrected chi connectivity index (χ4v) is 5.98. The summed E-state index contributed by atoms with van der Waals surface area (Å²) in [5, 5.41) is 5.95. The lowest BCUT2D eigenvalue weighted by atomic mass is 9.77. The summed E-state index contributed by atoms with van der Waals surface area (Å²) in [4.78, 5) is 22.9. The number of nitrogens with one attached hydrogen (secondary N) is 2. The number of carbonyl (C=O) groups is 1. The van der Waals surface area contributed by atoms with Gasteiger partial charge in [-0.15, -0.1) is 0 Å². The molecule has 282 valence electrons. The number of hydrogen-bond acceptors (Lipinski definition) is 9. The number of nitrogens with zero attached hydrogens (tertiary/aromatic N) is 3. The number of urea groups is 1. The number of ether oxygens (including phenoxy) is 6. The van der Waals surface area contributed by atoms with Crippen LogP contribution in [-0.2, 0) is 20.8 Å². The second kappa shape index (κ2) is 21.2. The number of anilines is 1. The Morgan fingerprint density at radius 1 is 1.04 bits per heavy atom. The maximum Gasteiger partial charge on any atom is 0.319 e. The van der Waals surface area contributed by atoms with E-state index in [1.165, 1.54) is 19.2 Å². The lowest BCUT2D eigenvalue weighted by Crippen LogP contribution is -2.50. The van der Waals surface area contributed by atoms with Crippen molar-refractivity contribution >= 4 is 42.1 Å². The minimum atomic E-state index is -0.320. The number of unbranched alkanes of at least 4 members (excludes halogenated alkanes) is 1. The van der Waals surface area contributed by atoms with E-state index < -0.39 is 0 Å². The van der Waals surface area contributed by atoms with Crippen molar-refractivity contribution in [3.63, 3.8) is 0 Å². The van der Waals surface area contributed by atoms with Crippen LogP contribution in [0.15, 0.2) is 40.3 Å². The van der Waals surface area contributed by atoms with Gasteiger partial charge >= 0.3 is 6.03 Å². The second-order valence-corrected chi connectivity index (χ2v) is 13.7. The van der Waals surface area contributed by atoms with Crippen LogP contribution in [0.4, 0.5) is 16.2 Å². The van der Waals surface area contributed by atoms with Gasteiger partial charge in [0.25, 0.3) is 0 Å². The van der Waals surface area contributed by atoms with E-state index in [2.05, 4.69) is 39.2 Å². The van der Waals surface area contributed by atoms with Gasteiger partial charge in [0.05, 0.1) is 69.8 Å². The van der Waals surface area contributed by atoms with Crippen molar-refractivity contribution in [2.24, 2.45) is 27.2 Å². The van der Waals surface area contributed by atoms with Crippen molar-refractivity contribution < 1.29 is 33.2 Å². The number of amides is 2. The summed E-state index contributed by atoms with van der Waals surface area (Å²) < 4.78 is 33.2. The monoisotopic (exact) mass is 729 g/mol. The number of aliphatic imine (C=N–C) groups is 2. The van der Waals surface area contributed by atoms with E-state index in [0.717, 1.165) is 70.4 Å². The predicted octanol–water partition coefficient (Wildman–Crippen LogP) is 7.01. The van der Waals surface area contributed by atoms with E-state index >= 15 is 0 Å². The first kappa shape index (κ1) is 40.4. The lowest BCUT2D eigenvalue weighted by molar-refractivity contribution is -0.139. The Balaban J connectivity index is 0.000000755. The second-order valence-electron chi connectivity index (χ2n) is 13.3. The Morgan fingerprint density at radius 2 is 1.76 bits per heavy atom. The molecule has 4 fully saturated rings. The molecule has 0 radical (unpaired) electrons. The van der Waals surface area contributed by atoms with Crippen LogP contribution in [0.25, 0.3) is 0 Å². The van der Waals surface area contributed by atoms with Crippen molar-refractivity contribution in [3.05, 3.63) is 40.9 Å². The van der Waals surface area contributed by atoms with Gasteiger partial charge in [-0.25, -0.2) is 9.79 Å². The van der Waals surface area contributed by atoms with E-state index in [0.29, 0.717) is 71.3 Å². The molecule has 1 spiro atoms. The van der Waals surface area contributed by atoms with Crippen LogP contribution < -0.4 is 24.8 Å². The Morgan fingerprint density at radius 3 is 2.33 bits per heavy atom. The summed E-state index contributed by atoms with van der Waals surface area (Å²) >= 11 is 6.43. The highest BCUT2D eigenvalue weighted by atomic mass is 35.5. The number of carbonyl (C=O) groups excluding carboxylic acids is 1. The summed E-state index contributed by atoms with van der Waals surface area (Å²) in [5.41, 5.74) is 2.36. The Kier molecular flexibility index (Phi) is 16.8. The van der Waals surface area contributed by atoms with Crippen LogP contribution >= 0.6 is 11.6 Å². The van der Waals surface area contributed by atoms with Gasteiger partial charge in [0, 0.05) is 41.5 Å². The third kappa shape index (κ3) is 12.6. The van der Waals surface area contributed by atoms with Crippen molar-refractivity contribution in [1.82, 2.24) is 10.2 Å². The lowest BCUT2D eigenvalue weighted by Gasteiger charge is -2.47. The molecule has 0 unspecified atom stereocenters. The smallest absolute Gasteiger partial charge is 0.319 e. The minimum Gasteiger partial charge on any atom is -0.493 e. The molecule has 2 N–H and O–H groups in total. The molecular weight excluding hydrogens is 674 g/mol. The van der Waals surface area contributed by atoms with E-state index in [4.69, 9.17) is 40.0 Å². The topological polar surface area (TPSA) is 124 Å². The van der Waals surface area contributed by atoms with Gasteiger partial charge in [-0.3, -0.25) is 4.99 Å². The molecule has 0 atom stereocenters. The predicted molar refractivity (Wildman–Crippen MR) is 203 cm³/mol. The van der Waals surface area contributed by atoms with E-state index in [9.17, 15) is 4.79 Å². The fourth-order valence-electron chi connectivity index (χ4n) is 5.76. The number of likely N-dealkylation sites (tertiary alicyclic amines) is 1. The Labute approximate surface area is 308 Å². The highest BCUT2D eigenvalue weighted by molar-refractivity contribution is 6.33. The van der Waals surface area contributed by atoms with Gasteiger partial charge in [0.1, 0.15) is 18.7 Å². The number of benzene rings is 2. The first-order valence-corrected chi connectivity index (χ1v) is 18.5. The molecule has 4 saturated heterocycles. The number of halogens is 1. The van der Waals surface area contributed by atoms with Crippen LogP contribution in [0.5, 0.6) is 17.2 Å². The Bertz CT molecular complexity index is 1410. The molecule has 51 heavy (non-hydrogen) atoms. The number of rotatable bonds is 15. The average Bonchev–Trinajstić information content (AvgIpc) is 3.10. The highest BCUT2D eigenvalue weighted by Gasteiger charge is 2.40. The average molecular weight is 730 g/mol. The van der Waals surface area contributed by atoms with E-state index in [-0.39, 0.29) is 12.6 Å². The molecular formula is C38H56ClN5O7. The van der Waals surface area contributed by atoms with Crippen molar-refractivity contribution in [3.8, 4) is 17.2 Å². The molecule has 0 aromatic heterocycles. The zero-order valence-electron chi connectivity index (χ0n) is 30.7. The standard InChI is InChI=1S/C32H42ClN5O6.C4H8O.C2H6/c1-34-22-36-28-15-30(43-12-4-3-9-38-10-7-32(8-11-38)20-42-21-32)29(40-2)13-24(28)19-44-25-5-6-27(26(33)14-25)37-31(39)35-16-23-17-41-18-23;1-4-2-5-3-4;1-2/h5-6,13-15,22-23H,1,3-4,7-12,16-21H2,2H3,(H2,35,37,39);4H,2-3H2,1H3;1-2H3. The molecule has 6 rings (SSSR count). The van der Waals surface area contributed by atoms with E-state index in [1.54, 1.807) is 25.3 Å².